The third-order valence-corrected chi connectivity index (χ3v) is 6.47. The molecule has 3 rings (SSSR count). The molecule has 1 aliphatic rings. The average molecular weight is 471 g/mol. The number of thioether (sulfide) groups is 1. The van der Waals surface area contributed by atoms with Crippen LogP contribution < -0.4 is 10.6 Å². The molecule has 7 nitrogen and oxygen atoms in total. The van der Waals surface area contributed by atoms with Gasteiger partial charge in [-0.3, -0.25) is 9.59 Å². The van der Waals surface area contributed by atoms with Crippen LogP contribution in [0.1, 0.15) is 43.2 Å². The minimum Gasteiger partial charge on any atom is -0.481 e. The van der Waals surface area contributed by atoms with Gasteiger partial charge in [0.05, 0.1) is 5.75 Å². The second-order valence-electron chi connectivity index (χ2n) is 7.96. The molecule has 0 bridgehead atoms. The van der Waals surface area contributed by atoms with Crippen molar-refractivity contribution in [3.8, 4) is 11.1 Å². The van der Waals surface area contributed by atoms with Crippen LogP contribution in [0.5, 0.6) is 0 Å². The Kier molecular flexibility index (Phi) is 9.18. The van der Waals surface area contributed by atoms with Gasteiger partial charge in [0.1, 0.15) is 6.61 Å². The monoisotopic (exact) mass is 470 g/mol. The van der Waals surface area contributed by atoms with Gasteiger partial charge in [0.2, 0.25) is 5.91 Å². The molecule has 0 unspecified atom stereocenters. The molecule has 0 radical (unpaired) electrons. The maximum absolute atomic E-state index is 12.5. The number of carbonyl (C=O) groups excluding carboxylic acids is 2. The Bertz CT molecular complexity index is 935. The van der Waals surface area contributed by atoms with E-state index >= 15 is 0 Å². The van der Waals surface area contributed by atoms with E-state index in [0.717, 1.165) is 17.5 Å². The molecule has 2 aromatic rings. The van der Waals surface area contributed by atoms with Gasteiger partial charge in [-0.05, 0) is 28.7 Å². The maximum atomic E-state index is 12.5. The summed E-state index contributed by atoms with van der Waals surface area (Å²) in [5.41, 5.74) is 4.64. The van der Waals surface area contributed by atoms with Crippen molar-refractivity contribution in [2.75, 3.05) is 24.7 Å². The first-order valence-electron chi connectivity index (χ1n) is 11.2. The third kappa shape index (κ3) is 6.99. The summed E-state index contributed by atoms with van der Waals surface area (Å²) in [5, 5.41) is 14.2. The average Bonchev–Trinajstić information content (AvgIpc) is 3.11. The molecule has 0 aliphatic heterocycles. The summed E-state index contributed by atoms with van der Waals surface area (Å²) in [7, 11) is 0. The van der Waals surface area contributed by atoms with E-state index in [2.05, 4.69) is 34.9 Å². The van der Waals surface area contributed by atoms with E-state index in [-0.39, 0.29) is 36.6 Å². The predicted molar refractivity (Wildman–Crippen MR) is 129 cm³/mol. The van der Waals surface area contributed by atoms with Crippen molar-refractivity contribution >= 4 is 29.7 Å². The fourth-order valence-corrected chi connectivity index (χ4v) is 4.66. The number of carboxylic acid groups (broad SMARTS) is 1. The topological polar surface area (TPSA) is 105 Å². The van der Waals surface area contributed by atoms with E-state index in [4.69, 9.17) is 9.84 Å². The lowest BCUT2D eigenvalue weighted by Gasteiger charge is -2.19. The van der Waals surface area contributed by atoms with Crippen molar-refractivity contribution in [3.63, 3.8) is 0 Å². The summed E-state index contributed by atoms with van der Waals surface area (Å²) < 4.78 is 5.59. The van der Waals surface area contributed by atoms with Crippen LogP contribution in [-0.2, 0) is 14.3 Å². The number of benzene rings is 2. The number of aliphatic carboxylic acids is 1. The molecule has 0 spiro atoms. The molecule has 33 heavy (non-hydrogen) atoms. The number of nitrogens with one attached hydrogen (secondary N) is 2. The number of fused-ring (bicyclic) bond motifs is 3. The van der Waals surface area contributed by atoms with Crippen molar-refractivity contribution < 1.29 is 24.2 Å². The van der Waals surface area contributed by atoms with E-state index in [1.165, 1.54) is 22.9 Å². The molecule has 1 aliphatic carbocycles. The molecule has 0 saturated carbocycles. The van der Waals surface area contributed by atoms with E-state index in [9.17, 15) is 14.4 Å². The Balaban J connectivity index is 1.49. The fraction of sp³-hybridized carbons (Fsp3) is 0.400. The van der Waals surface area contributed by atoms with Crippen LogP contribution in [0.25, 0.3) is 11.1 Å². The van der Waals surface area contributed by atoms with Crippen LogP contribution in [0.3, 0.4) is 0 Å². The molecule has 0 heterocycles. The van der Waals surface area contributed by atoms with Crippen LogP contribution in [0, 0.1) is 0 Å². The minimum absolute atomic E-state index is 0.0116. The van der Waals surface area contributed by atoms with Crippen molar-refractivity contribution in [1.29, 1.82) is 0 Å². The van der Waals surface area contributed by atoms with Gasteiger partial charge in [0, 0.05) is 30.7 Å². The smallest absolute Gasteiger partial charge is 0.407 e. The molecule has 2 amide bonds. The number of hydrogen-bond acceptors (Lipinski definition) is 5. The van der Waals surface area contributed by atoms with Crippen LogP contribution in [0.15, 0.2) is 48.5 Å². The lowest BCUT2D eigenvalue weighted by molar-refractivity contribution is -0.133. The second kappa shape index (κ2) is 12.3. The van der Waals surface area contributed by atoms with E-state index in [1.54, 1.807) is 0 Å². The number of alkyl carbamates (subject to hydrolysis) is 1. The van der Waals surface area contributed by atoms with E-state index in [1.807, 2.05) is 31.2 Å². The molecular formula is C25H30N2O5S. The Morgan fingerprint density at radius 3 is 2.30 bits per heavy atom. The molecule has 3 N–H and O–H groups in total. The first-order valence-corrected chi connectivity index (χ1v) is 12.3. The van der Waals surface area contributed by atoms with Gasteiger partial charge in [-0.1, -0.05) is 61.9 Å². The highest BCUT2D eigenvalue weighted by molar-refractivity contribution is 7.99. The fourth-order valence-electron chi connectivity index (χ4n) is 4.10. The normalized spacial score (nSPS) is 13.0. The predicted octanol–water partition coefficient (Wildman–Crippen LogP) is 4.02. The molecule has 176 valence electrons. The number of carbonyl (C=O) groups is 3. The van der Waals surface area contributed by atoms with Gasteiger partial charge >= 0.3 is 12.1 Å². The Hall–Kier alpha value is -3.00. The van der Waals surface area contributed by atoms with Crippen LogP contribution >= 0.6 is 11.8 Å². The summed E-state index contributed by atoms with van der Waals surface area (Å²) in [6.45, 7) is 2.61. The molecule has 8 heteroatoms. The zero-order valence-corrected chi connectivity index (χ0v) is 19.5. The highest BCUT2D eigenvalue weighted by Gasteiger charge is 2.29. The van der Waals surface area contributed by atoms with Crippen LogP contribution in [-0.4, -0.2) is 53.8 Å². The van der Waals surface area contributed by atoms with Gasteiger partial charge in [-0.15, -0.1) is 11.8 Å². The second-order valence-corrected chi connectivity index (χ2v) is 9.06. The first kappa shape index (κ1) is 24.6. The van der Waals surface area contributed by atoms with Gasteiger partial charge < -0.3 is 20.5 Å². The van der Waals surface area contributed by atoms with Gasteiger partial charge in [-0.25, -0.2) is 4.79 Å². The molecule has 0 aromatic heterocycles. The summed E-state index contributed by atoms with van der Waals surface area (Å²) in [6, 6.07) is 16.0. The molecule has 2 aromatic carbocycles. The molecule has 1 atom stereocenters. The number of carboxylic acids is 1. The number of hydrogen-bond donors (Lipinski definition) is 3. The zero-order valence-electron chi connectivity index (χ0n) is 18.7. The Morgan fingerprint density at radius 2 is 1.70 bits per heavy atom. The Morgan fingerprint density at radius 1 is 1.06 bits per heavy atom. The summed E-state index contributed by atoms with van der Waals surface area (Å²) in [5.74, 6) is -0.530. The third-order valence-electron chi connectivity index (χ3n) is 5.53. The lowest BCUT2D eigenvalue weighted by atomic mass is 9.98. The quantitative estimate of drug-likeness (QED) is 0.405. The highest BCUT2D eigenvalue weighted by Crippen LogP contribution is 2.44. The summed E-state index contributed by atoms with van der Waals surface area (Å²) >= 11 is 1.25. The van der Waals surface area contributed by atoms with Crippen molar-refractivity contribution in [3.05, 3.63) is 59.7 Å². The summed E-state index contributed by atoms with van der Waals surface area (Å²) in [4.78, 5) is 35.3. The first-order chi connectivity index (χ1) is 16.0. The van der Waals surface area contributed by atoms with Crippen LogP contribution in [0.2, 0.25) is 0 Å². The number of amides is 2. The number of ether oxygens (including phenoxy) is 1. The lowest BCUT2D eigenvalue weighted by Crippen LogP contribution is -2.40. The van der Waals surface area contributed by atoms with Crippen LogP contribution in [0.4, 0.5) is 4.79 Å². The van der Waals surface area contributed by atoms with Gasteiger partial charge in [0.25, 0.3) is 0 Å². The zero-order chi connectivity index (χ0) is 23.6. The van der Waals surface area contributed by atoms with Crippen molar-refractivity contribution in [2.45, 2.75) is 38.1 Å². The van der Waals surface area contributed by atoms with Crippen molar-refractivity contribution in [2.24, 2.45) is 0 Å². The number of rotatable bonds is 12. The SMILES string of the molecule is CCC[C@@H](CC(=O)NCCSCC(=O)O)NC(=O)OCC1c2ccccc2-c2ccccc21. The van der Waals surface area contributed by atoms with Gasteiger partial charge in [0.15, 0.2) is 0 Å². The summed E-state index contributed by atoms with van der Waals surface area (Å²) in [6.07, 6.45) is 1.10. The largest absolute Gasteiger partial charge is 0.481 e. The molecule has 0 fully saturated rings. The van der Waals surface area contributed by atoms with E-state index in [0.29, 0.717) is 18.7 Å². The maximum Gasteiger partial charge on any atom is 0.407 e. The van der Waals surface area contributed by atoms with Crippen molar-refractivity contribution in [1.82, 2.24) is 10.6 Å². The molecule has 0 saturated heterocycles. The molecular weight excluding hydrogens is 440 g/mol. The Labute approximate surface area is 198 Å². The van der Waals surface area contributed by atoms with E-state index < -0.39 is 12.1 Å². The highest BCUT2D eigenvalue weighted by atomic mass is 32.2. The minimum atomic E-state index is -0.873. The van der Waals surface area contributed by atoms with Gasteiger partial charge in [-0.2, -0.15) is 0 Å². The standard InChI is InChI=1S/C25H30N2O5S/c1-2-7-17(14-23(28)26-12-13-33-16-24(29)30)27-25(31)32-15-22-20-10-5-3-8-18(20)19-9-4-6-11-21(19)22/h3-6,8-11,17,22H,2,7,12-16H2,1H3,(H,26,28)(H,27,31)(H,29,30)/t17-/m0/s1.